The molecular weight excluding hydrogens is 116 g/mol. The summed E-state index contributed by atoms with van der Waals surface area (Å²) >= 11 is 0. The first-order valence-corrected chi connectivity index (χ1v) is 3.42. The Kier molecular flexibility index (Phi) is 4.10. The summed E-state index contributed by atoms with van der Waals surface area (Å²) < 4.78 is 0. The first-order valence-electron chi connectivity index (χ1n) is 3.42. The van der Waals surface area contributed by atoms with Gasteiger partial charge >= 0.3 is 5.97 Å². The van der Waals surface area contributed by atoms with Crippen LogP contribution in [0.5, 0.6) is 0 Å². The van der Waals surface area contributed by atoms with E-state index in [9.17, 15) is 4.79 Å². The lowest BCUT2D eigenvalue weighted by molar-refractivity contribution is -0.138. The number of carboxylic acids is 1. The summed E-state index contributed by atoms with van der Waals surface area (Å²) in [6.45, 7) is 4.05. The number of aliphatic carboxylic acids is 1. The second-order valence-corrected chi connectivity index (χ2v) is 2.28. The minimum absolute atomic E-state index is 0.326. The molecule has 0 unspecified atom stereocenters. The van der Waals surface area contributed by atoms with Crippen molar-refractivity contribution < 1.29 is 9.90 Å². The SMILES string of the molecule is CCC(CC)CC(=O)O. The maximum absolute atomic E-state index is 10.1. The van der Waals surface area contributed by atoms with Crippen LogP contribution in [0.15, 0.2) is 0 Å². The van der Waals surface area contributed by atoms with Crippen LogP contribution in [0.1, 0.15) is 33.1 Å². The second-order valence-electron chi connectivity index (χ2n) is 2.28. The number of carboxylic acid groups (broad SMARTS) is 1. The molecule has 0 radical (unpaired) electrons. The van der Waals surface area contributed by atoms with Gasteiger partial charge in [0.2, 0.25) is 0 Å². The van der Waals surface area contributed by atoms with Gasteiger partial charge in [0.25, 0.3) is 0 Å². The molecule has 0 aliphatic rings. The molecule has 0 aliphatic carbocycles. The molecule has 2 nitrogen and oxygen atoms in total. The molecule has 54 valence electrons. The molecule has 0 aromatic carbocycles. The van der Waals surface area contributed by atoms with Crippen molar-refractivity contribution in [3.05, 3.63) is 0 Å². The number of hydrogen-bond donors (Lipinski definition) is 1. The third-order valence-corrected chi connectivity index (χ3v) is 1.62. The number of carbonyl (C=O) groups is 1. The van der Waals surface area contributed by atoms with Crippen molar-refractivity contribution in [3.63, 3.8) is 0 Å². The quantitative estimate of drug-likeness (QED) is 0.631. The third-order valence-electron chi connectivity index (χ3n) is 1.62. The Labute approximate surface area is 55.9 Å². The predicted molar refractivity (Wildman–Crippen MR) is 36.3 cm³/mol. The standard InChI is InChI=1S/C7H14O2/c1-3-6(4-2)5-7(8)9/h6H,3-5H2,1-2H3,(H,8,9). The van der Waals surface area contributed by atoms with Gasteiger partial charge in [-0.2, -0.15) is 0 Å². The summed E-state index contributed by atoms with van der Waals surface area (Å²) in [6, 6.07) is 0. The van der Waals surface area contributed by atoms with Crippen LogP contribution >= 0.6 is 0 Å². The zero-order chi connectivity index (χ0) is 7.28. The van der Waals surface area contributed by atoms with Gasteiger partial charge in [0.1, 0.15) is 0 Å². The van der Waals surface area contributed by atoms with Crippen LogP contribution in [-0.4, -0.2) is 11.1 Å². The molecule has 2 heteroatoms. The average Bonchev–Trinajstić information content (AvgIpc) is 1.82. The highest BCUT2D eigenvalue weighted by Gasteiger charge is 2.07. The van der Waals surface area contributed by atoms with Crippen molar-refractivity contribution in [3.8, 4) is 0 Å². The lowest BCUT2D eigenvalue weighted by Gasteiger charge is -2.06. The Morgan fingerprint density at radius 3 is 2.00 bits per heavy atom. The molecule has 0 saturated heterocycles. The Hall–Kier alpha value is -0.530. The topological polar surface area (TPSA) is 37.3 Å². The van der Waals surface area contributed by atoms with E-state index in [-0.39, 0.29) is 0 Å². The molecule has 0 heterocycles. The van der Waals surface area contributed by atoms with Crippen LogP contribution < -0.4 is 0 Å². The molecule has 0 aromatic rings. The fourth-order valence-corrected chi connectivity index (χ4v) is 0.824. The van der Waals surface area contributed by atoms with Crippen LogP contribution in [-0.2, 0) is 4.79 Å². The van der Waals surface area contributed by atoms with Crippen molar-refractivity contribution in [1.29, 1.82) is 0 Å². The van der Waals surface area contributed by atoms with Gasteiger partial charge in [0, 0.05) is 6.42 Å². The smallest absolute Gasteiger partial charge is 0.303 e. The Bertz CT molecular complexity index is 84.9. The fourth-order valence-electron chi connectivity index (χ4n) is 0.824. The fraction of sp³-hybridized carbons (Fsp3) is 0.857. The second kappa shape index (κ2) is 4.36. The van der Waals surface area contributed by atoms with E-state index in [2.05, 4.69) is 0 Å². The van der Waals surface area contributed by atoms with E-state index < -0.39 is 5.97 Å². The van der Waals surface area contributed by atoms with Gasteiger partial charge in [0.05, 0.1) is 0 Å². The predicted octanol–water partition coefficient (Wildman–Crippen LogP) is 1.90. The van der Waals surface area contributed by atoms with Gasteiger partial charge in [-0.1, -0.05) is 26.7 Å². The maximum Gasteiger partial charge on any atom is 0.303 e. The van der Waals surface area contributed by atoms with Crippen molar-refractivity contribution >= 4 is 5.97 Å². The highest BCUT2D eigenvalue weighted by molar-refractivity contribution is 5.66. The summed E-state index contributed by atoms with van der Waals surface area (Å²) in [4.78, 5) is 10.1. The van der Waals surface area contributed by atoms with Crippen molar-refractivity contribution in [1.82, 2.24) is 0 Å². The van der Waals surface area contributed by atoms with E-state index in [4.69, 9.17) is 5.11 Å². The van der Waals surface area contributed by atoms with Gasteiger partial charge < -0.3 is 5.11 Å². The van der Waals surface area contributed by atoms with Crippen LogP contribution in [0.25, 0.3) is 0 Å². The van der Waals surface area contributed by atoms with Crippen molar-refractivity contribution in [2.75, 3.05) is 0 Å². The lowest BCUT2D eigenvalue weighted by Crippen LogP contribution is -2.05. The molecular formula is C7H14O2. The summed E-state index contributed by atoms with van der Waals surface area (Å²) in [5.41, 5.74) is 0. The number of hydrogen-bond acceptors (Lipinski definition) is 1. The number of rotatable bonds is 4. The normalized spacial score (nSPS) is 10.1. The summed E-state index contributed by atoms with van der Waals surface area (Å²) in [5.74, 6) is -0.300. The lowest BCUT2D eigenvalue weighted by atomic mass is 10.00. The van der Waals surface area contributed by atoms with E-state index in [1.807, 2.05) is 13.8 Å². The first kappa shape index (κ1) is 8.47. The molecule has 0 atom stereocenters. The Morgan fingerprint density at radius 2 is 1.89 bits per heavy atom. The molecule has 9 heavy (non-hydrogen) atoms. The van der Waals surface area contributed by atoms with Gasteiger partial charge in [-0.3, -0.25) is 4.79 Å². The van der Waals surface area contributed by atoms with Gasteiger partial charge in [-0.15, -0.1) is 0 Å². The molecule has 0 amide bonds. The molecule has 0 rings (SSSR count). The zero-order valence-corrected chi connectivity index (χ0v) is 6.05. The molecule has 0 aromatic heterocycles. The third kappa shape index (κ3) is 4.01. The van der Waals surface area contributed by atoms with Crippen LogP contribution in [0.3, 0.4) is 0 Å². The minimum Gasteiger partial charge on any atom is -0.481 e. The van der Waals surface area contributed by atoms with Gasteiger partial charge in [-0.05, 0) is 5.92 Å². The first-order chi connectivity index (χ1) is 4.20. The molecule has 0 spiro atoms. The van der Waals surface area contributed by atoms with E-state index >= 15 is 0 Å². The average molecular weight is 130 g/mol. The van der Waals surface area contributed by atoms with E-state index in [0.29, 0.717) is 12.3 Å². The molecule has 0 saturated carbocycles. The van der Waals surface area contributed by atoms with Crippen molar-refractivity contribution in [2.24, 2.45) is 5.92 Å². The van der Waals surface area contributed by atoms with E-state index in [1.54, 1.807) is 0 Å². The Balaban J connectivity index is 3.43. The Morgan fingerprint density at radius 1 is 1.44 bits per heavy atom. The summed E-state index contributed by atoms with van der Waals surface area (Å²) in [6.07, 6.45) is 2.28. The highest BCUT2D eigenvalue weighted by atomic mass is 16.4. The summed E-state index contributed by atoms with van der Waals surface area (Å²) in [5, 5.41) is 8.35. The monoisotopic (exact) mass is 130 g/mol. The van der Waals surface area contributed by atoms with Crippen molar-refractivity contribution in [2.45, 2.75) is 33.1 Å². The van der Waals surface area contributed by atoms with Crippen LogP contribution in [0, 0.1) is 5.92 Å². The molecule has 0 aliphatic heterocycles. The highest BCUT2D eigenvalue weighted by Crippen LogP contribution is 2.11. The molecule has 0 bridgehead atoms. The van der Waals surface area contributed by atoms with Gasteiger partial charge in [-0.25, -0.2) is 0 Å². The van der Waals surface area contributed by atoms with E-state index in [0.717, 1.165) is 12.8 Å². The molecule has 1 N–H and O–H groups in total. The van der Waals surface area contributed by atoms with Crippen LogP contribution in [0.4, 0.5) is 0 Å². The van der Waals surface area contributed by atoms with Gasteiger partial charge in [0.15, 0.2) is 0 Å². The largest absolute Gasteiger partial charge is 0.481 e. The van der Waals surface area contributed by atoms with Crippen LogP contribution in [0.2, 0.25) is 0 Å². The zero-order valence-electron chi connectivity index (χ0n) is 6.05. The minimum atomic E-state index is -0.677. The maximum atomic E-state index is 10.1. The summed E-state index contributed by atoms with van der Waals surface area (Å²) in [7, 11) is 0. The molecule has 0 fully saturated rings. The van der Waals surface area contributed by atoms with E-state index in [1.165, 1.54) is 0 Å².